The third-order valence-corrected chi connectivity index (χ3v) is 5.54. The van der Waals surface area contributed by atoms with Gasteiger partial charge in [0.2, 0.25) is 0 Å². The molecule has 1 N–H and O–H groups in total. The Balaban J connectivity index is 1.51. The molecule has 6 nitrogen and oxygen atoms in total. The predicted molar refractivity (Wildman–Crippen MR) is 110 cm³/mol. The summed E-state index contributed by atoms with van der Waals surface area (Å²) in [5.41, 5.74) is 0.944. The molecule has 1 aliphatic rings. The average Bonchev–Trinajstić information content (AvgIpc) is 3.21. The van der Waals surface area contributed by atoms with Gasteiger partial charge in [-0.15, -0.1) is 0 Å². The van der Waals surface area contributed by atoms with Crippen molar-refractivity contribution >= 4 is 27.7 Å². The summed E-state index contributed by atoms with van der Waals surface area (Å²) in [5, 5.41) is 8.52. The maximum atomic E-state index is 13.7. The first-order chi connectivity index (χ1) is 14.9. The van der Waals surface area contributed by atoms with Crippen LogP contribution in [0.1, 0.15) is 17.3 Å². The van der Waals surface area contributed by atoms with E-state index >= 15 is 0 Å². The molecule has 0 amide bonds. The maximum absolute atomic E-state index is 13.7. The highest BCUT2D eigenvalue weighted by molar-refractivity contribution is 5.85. The topological polar surface area (TPSA) is 63.4 Å². The fourth-order valence-corrected chi connectivity index (χ4v) is 4.01. The van der Waals surface area contributed by atoms with Crippen molar-refractivity contribution in [2.24, 2.45) is 0 Å². The fraction of sp³-hybridized carbons (Fsp3) is 0.273. The summed E-state index contributed by atoms with van der Waals surface area (Å²) in [4.78, 5) is 6.37. The quantitative estimate of drug-likeness (QED) is 0.516. The van der Waals surface area contributed by atoms with Gasteiger partial charge in [0, 0.05) is 36.5 Å². The molecule has 0 spiro atoms. The first-order valence-corrected chi connectivity index (χ1v) is 9.82. The second-order valence-corrected chi connectivity index (χ2v) is 7.43. The van der Waals surface area contributed by atoms with Crippen LogP contribution in [0.4, 0.5) is 19.0 Å². The lowest BCUT2D eigenvalue weighted by Gasteiger charge is -2.34. The first kappa shape index (κ1) is 19.6. The lowest BCUT2D eigenvalue weighted by atomic mass is 10.1. The molecule has 1 unspecified atom stereocenters. The molecule has 3 heterocycles. The molecule has 0 saturated carbocycles. The van der Waals surface area contributed by atoms with E-state index in [1.54, 1.807) is 31.4 Å². The number of benzene rings is 2. The molecule has 0 bridgehead atoms. The Kier molecular flexibility index (Phi) is 4.70. The number of pyridine rings is 1. The van der Waals surface area contributed by atoms with E-state index in [4.69, 9.17) is 9.26 Å². The van der Waals surface area contributed by atoms with E-state index in [1.165, 1.54) is 6.07 Å². The molecule has 1 saturated heterocycles. The Hall–Kier alpha value is -3.33. The van der Waals surface area contributed by atoms with Crippen LogP contribution in [0.3, 0.4) is 0 Å². The first-order valence-electron chi connectivity index (χ1n) is 9.82. The number of methoxy groups -OCH3 is 1. The Morgan fingerprint density at radius 3 is 2.77 bits per heavy atom. The van der Waals surface area contributed by atoms with Gasteiger partial charge in [0.05, 0.1) is 24.2 Å². The van der Waals surface area contributed by atoms with Crippen LogP contribution in [0.2, 0.25) is 0 Å². The van der Waals surface area contributed by atoms with Crippen molar-refractivity contribution in [2.45, 2.75) is 12.2 Å². The van der Waals surface area contributed by atoms with Crippen molar-refractivity contribution in [1.82, 2.24) is 15.5 Å². The monoisotopic (exact) mass is 428 g/mol. The number of rotatable bonds is 3. The molecule has 1 atom stereocenters. The van der Waals surface area contributed by atoms with Crippen LogP contribution in [0.5, 0.6) is 5.75 Å². The van der Waals surface area contributed by atoms with Gasteiger partial charge < -0.3 is 19.5 Å². The van der Waals surface area contributed by atoms with E-state index in [-0.39, 0.29) is 11.4 Å². The molecular formula is C22H19F3N4O2. The third kappa shape index (κ3) is 3.54. The number of nitrogens with zero attached hydrogens (tertiary/aromatic N) is 3. The van der Waals surface area contributed by atoms with Crippen molar-refractivity contribution < 1.29 is 22.4 Å². The van der Waals surface area contributed by atoms with Gasteiger partial charge in [-0.05, 0) is 24.3 Å². The van der Waals surface area contributed by atoms with Gasteiger partial charge in [-0.2, -0.15) is 13.2 Å². The van der Waals surface area contributed by atoms with E-state index < -0.39 is 11.7 Å². The van der Waals surface area contributed by atoms with E-state index in [2.05, 4.69) is 15.5 Å². The second-order valence-electron chi connectivity index (χ2n) is 7.43. The van der Waals surface area contributed by atoms with Gasteiger partial charge in [-0.1, -0.05) is 23.4 Å². The van der Waals surface area contributed by atoms with Gasteiger partial charge in [0.1, 0.15) is 17.3 Å². The standard InChI is InChI=1S/C22H19F3N4O2/c1-30-13-6-7-15-19(10-13)31-28-21(15)18-12-29(9-8-26-18)20-11-16(22(23,24)25)14-4-2-3-5-17(14)27-20/h2-7,10-11,18,26H,8-9,12H2,1H3. The zero-order valence-electron chi connectivity index (χ0n) is 16.6. The number of piperazine rings is 1. The summed E-state index contributed by atoms with van der Waals surface area (Å²) in [7, 11) is 1.57. The highest BCUT2D eigenvalue weighted by atomic mass is 19.4. The average molecular weight is 428 g/mol. The summed E-state index contributed by atoms with van der Waals surface area (Å²) in [6, 6.07) is 12.7. The smallest absolute Gasteiger partial charge is 0.417 e. The number of aromatic nitrogens is 2. The van der Waals surface area contributed by atoms with Gasteiger partial charge >= 0.3 is 6.18 Å². The minimum absolute atomic E-state index is 0.0990. The molecule has 1 aliphatic heterocycles. The Morgan fingerprint density at radius 1 is 1.13 bits per heavy atom. The van der Waals surface area contributed by atoms with Crippen molar-refractivity contribution in [3.8, 4) is 5.75 Å². The van der Waals surface area contributed by atoms with E-state index in [9.17, 15) is 13.2 Å². The van der Waals surface area contributed by atoms with Crippen LogP contribution in [0.25, 0.3) is 21.9 Å². The molecule has 5 rings (SSSR count). The van der Waals surface area contributed by atoms with Crippen LogP contribution in [-0.4, -0.2) is 36.9 Å². The Labute approximate surface area is 175 Å². The second kappa shape index (κ2) is 7.42. The van der Waals surface area contributed by atoms with Gasteiger partial charge in [-0.3, -0.25) is 0 Å². The summed E-state index contributed by atoms with van der Waals surface area (Å²) in [6.07, 6.45) is -4.47. The van der Waals surface area contributed by atoms with Crippen LogP contribution in [0, 0.1) is 0 Å². The van der Waals surface area contributed by atoms with Gasteiger partial charge in [0.25, 0.3) is 0 Å². The van der Waals surface area contributed by atoms with Crippen LogP contribution in [0.15, 0.2) is 53.1 Å². The van der Waals surface area contributed by atoms with Crippen molar-refractivity contribution in [3.63, 3.8) is 0 Å². The zero-order valence-corrected chi connectivity index (χ0v) is 16.6. The number of fused-ring (bicyclic) bond motifs is 2. The van der Waals surface area contributed by atoms with Gasteiger partial charge in [0.15, 0.2) is 5.58 Å². The molecule has 1 fully saturated rings. The largest absolute Gasteiger partial charge is 0.497 e. The molecule has 2 aromatic heterocycles. The van der Waals surface area contributed by atoms with Gasteiger partial charge in [-0.25, -0.2) is 4.98 Å². The Bertz CT molecular complexity index is 1250. The van der Waals surface area contributed by atoms with E-state index in [1.807, 2.05) is 17.0 Å². The highest BCUT2D eigenvalue weighted by Gasteiger charge is 2.35. The molecule has 0 radical (unpaired) electrons. The normalized spacial score (nSPS) is 17.4. The van der Waals surface area contributed by atoms with E-state index in [0.29, 0.717) is 48.0 Å². The molecule has 160 valence electrons. The molecule has 4 aromatic rings. The number of para-hydroxylation sites is 1. The lowest BCUT2D eigenvalue weighted by Crippen LogP contribution is -2.46. The summed E-state index contributed by atoms with van der Waals surface area (Å²) in [5.74, 6) is 0.959. The maximum Gasteiger partial charge on any atom is 0.417 e. The number of ether oxygens (including phenoxy) is 1. The van der Waals surface area contributed by atoms with E-state index in [0.717, 1.165) is 11.5 Å². The number of alkyl halides is 3. The molecule has 0 aliphatic carbocycles. The van der Waals surface area contributed by atoms with Crippen LogP contribution in [-0.2, 0) is 6.18 Å². The summed E-state index contributed by atoms with van der Waals surface area (Å²) >= 11 is 0. The fourth-order valence-electron chi connectivity index (χ4n) is 4.01. The molecular weight excluding hydrogens is 409 g/mol. The summed E-state index contributed by atoms with van der Waals surface area (Å²) in [6.45, 7) is 1.52. The highest BCUT2D eigenvalue weighted by Crippen LogP contribution is 2.37. The SMILES string of the molecule is COc1ccc2c(C3CN(c4cc(C(F)(F)F)c5ccccc5n4)CCN3)noc2c1. The summed E-state index contributed by atoms with van der Waals surface area (Å²) < 4.78 is 51.8. The lowest BCUT2D eigenvalue weighted by molar-refractivity contribution is -0.136. The third-order valence-electron chi connectivity index (χ3n) is 5.54. The molecule has 31 heavy (non-hydrogen) atoms. The number of hydrogen-bond acceptors (Lipinski definition) is 6. The zero-order chi connectivity index (χ0) is 21.6. The Morgan fingerprint density at radius 2 is 1.97 bits per heavy atom. The number of halogens is 3. The van der Waals surface area contributed by atoms with Crippen molar-refractivity contribution in [1.29, 1.82) is 0 Å². The minimum Gasteiger partial charge on any atom is -0.497 e. The van der Waals surface area contributed by atoms with Crippen LogP contribution >= 0.6 is 0 Å². The number of anilines is 1. The molecule has 2 aromatic carbocycles. The predicted octanol–water partition coefficient (Wildman–Crippen LogP) is 4.55. The van der Waals surface area contributed by atoms with Crippen molar-refractivity contribution in [3.05, 3.63) is 59.8 Å². The number of hydrogen-bond donors (Lipinski definition) is 1. The van der Waals surface area contributed by atoms with Crippen LogP contribution < -0.4 is 15.0 Å². The minimum atomic E-state index is -4.47. The molecule has 9 heteroatoms. The number of nitrogens with one attached hydrogen (secondary N) is 1. The van der Waals surface area contributed by atoms with Crippen molar-refractivity contribution in [2.75, 3.05) is 31.6 Å².